The molecule has 2 aliphatic rings. The van der Waals surface area contributed by atoms with Crippen LogP contribution in [0.1, 0.15) is 31.0 Å². The second-order valence-corrected chi connectivity index (χ2v) is 12.2. The van der Waals surface area contributed by atoms with Gasteiger partial charge in [0.05, 0.1) is 31.1 Å². The number of halogens is 1. The van der Waals surface area contributed by atoms with Crippen LogP contribution in [0.5, 0.6) is 11.5 Å². The molecular weight excluding hydrogens is 640 g/mol. The molecule has 11 nitrogen and oxygen atoms in total. The van der Waals surface area contributed by atoms with Crippen LogP contribution < -0.4 is 20.1 Å². The normalized spacial score (nSPS) is 15.9. The van der Waals surface area contributed by atoms with Crippen molar-refractivity contribution in [2.45, 2.75) is 30.8 Å². The number of benzene rings is 3. The van der Waals surface area contributed by atoms with Gasteiger partial charge in [-0.2, -0.15) is 4.98 Å². The second-order valence-electron chi connectivity index (χ2n) is 10.8. The average molecular weight is 675 g/mol. The molecule has 1 fully saturated rings. The summed E-state index contributed by atoms with van der Waals surface area (Å²) in [5, 5.41) is 12.4. The molecule has 13 heteroatoms. The third-order valence-electron chi connectivity index (χ3n) is 7.75. The van der Waals surface area contributed by atoms with Gasteiger partial charge in [-0.25, -0.2) is 4.68 Å². The number of ether oxygens (including phenoxy) is 3. The average Bonchev–Trinajstić information content (AvgIpc) is 3.50. The van der Waals surface area contributed by atoms with Crippen LogP contribution in [0.25, 0.3) is 0 Å². The predicted octanol–water partition coefficient (Wildman–Crippen LogP) is 5.79. The highest BCUT2D eigenvalue weighted by molar-refractivity contribution is 7.98. The number of nitrogens with one attached hydrogen (secondary N) is 2. The first kappa shape index (κ1) is 32.4. The lowest BCUT2D eigenvalue weighted by Crippen LogP contribution is -2.42. The van der Waals surface area contributed by atoms with E-state index in [0.29, 0.717) is 83.2 Å². The Morgan fingerprint density at radius 3 is 2.55 bits per heavy atom. The predicted molar refractivity (Wildman–Crippen MR) is 181 cm³/mol. The van der Waals surface area contributed by atoms with Gasteiger partial charge in [-0.1, -0.05) is 65.8 Å². The Hall–Kier alpha value is -4.52. The largest absolute Gasteiger partial charge is 0.492 e. The zero-order valence-electron chi connectivity index (χ0n) is 26.1. The molecule has 2 aliphatic heterocycles. The van der Waals surface area contributed by atoms with Gasteiger partial charge < -0.3 is 29.7 Å². The first-order valence-electron chi connectivity index (χ1n) is 15.3. The standard InChI is InChI=1S/C34H35ClN6O5S/c1-3-45-28-11-7-6-10-27(28)37-32(43)30-22(2)36-33-38-34(47-21-24-8-4-5-9-26(24)35)39-41(33)31(30)23-12-14-25(15-13-23)46-20-29(42)40-16-18-44-19-17-40/h4-15,31H,3,16-21H2,1-2H3,(H,37,43)(H,36,38,39). The fraction of sp³-hybridized carbons (Fsp3) is 0.294. The lowest BCUT2D eigenvalue weighted by atomic mass is 9.95. The van der Waals surface area contributed by atoms with Crippen molar-refractivity contribution >= 4 is 46.8 Å². The summed E-state index contributed by atoms with van der Waals surface area (Å²) in [5.41, 5.74) is 3.43. The first-order valence-corrected chi connectivity index (χ1v) is 16.7. The summed E-state index contributed by atoms with van der Waals surface area (Å²) in [6.45, 7) is 6.30. The smallest absolute Gasteiger partial charge is 0.260 e. The van der Waals surface area contributed by atoms with E-state index in [-0.39, 0.29) is 18.4 Å². The van der Waals surface area contributed by atoms with E-state index in [1.165, 1.54) is 11.8 Å². The molecule has 0 bridgehead atoms. The topological polar surface area (TPSA) is 120 Å². The maximum absolute atomic E-state index is 14.1. The van der Waals surface area contributed by atoms with E-state index < -0.39 is 6.04 Å². The van der Waals surface area contributed by atoms with Gasteiger partial charge in [-0.05, 0) is 55.3 Å². The Morgan fingerprint density at radius 1 is 1.04 bits per heavy atom. The number of morpholine rings is 1. The van der Waals surface area contributed by atoms with Crippen LogP contribution in [0.4, 0.5) is 11.6 Å². The molecule has 6 rings (SSSR count). The lowest BCUT2D eigenvalue weighted by molar-refractivity contribution is -0.137. The van der Waals surface area contributed by atoms with Crippen LogP contribution in [0.15, 0.2) is 89.2 Å². The Bertz CT molecular complexity index is 1770. The third kappa shape index (κ3) is 7.56. The summed E-state index contributed by atoms with van der Waals surface area (Å²) in [6.07, 6.45) is 0. The van der Waals surface area contributed by atoms with Crippen LogP contribution in [0.3, 0.4) is 0 Å². The minimum Gasteiger partial charge on any atom is -0.492 e. The zero-order chi connectivity index (χ0) is 32.8. The molecule has 47 heavy (non-hydrogen) atoms. The number of nitrogens with zero attached hydrogens (tertiary/aromatic N) is 4. The molecule has 1 saturated heterocycles. The van der Waals surface area contributed by atoms with E-state index in [2.05, 4.69) is 10.6 Å². The number of allylic oxidation sites excluding steroid dienone is 1. The summed E-state index contributed by atoms with van der Waals surface area (Å²) in [6, 6.07) is 21.7. The number of hydrogen-bond acceptors (Lipinski definition) is 9. The number of carbonyl (C=O) groups excluding carboxylic acids is 2. The number of thioether (sulfide) groups is 1. The molecule has 0 aliphatic carbocycles. The molecule has 244 valence electrons. The van der Waals surface area contributed by atoms with E-state index in [0.717, 1.165) is 11.1 Å². The van der Waals surface area contributed by atoms with Gasteiger partial charge in [-0.15, -0.1) is 5.10 Å². The van der Waals surface area contributed by atoms with Crippen LogP contribution in [0.2, 0.25) is 5.02 Å². The number of amides is 2. The molecule has 3 aromatic carbocycles. The highest BCUT2D eigenvalue weighted by atomic mass is 35.5. The number of anilines is 2. The zero-order valence-corrected chi connectivity index (χ0v) is 27.6. The van der Waals surface area contributed by atoms with Gasteiger partial charge in [0, 0.05) is 29.6 Å². The monoisotopic (exact) mass is 674 g/mol. The van der Waals surface area contributed by atoms with Crippen molar-refractivity contribution in [2.75, 3.05) is 50.2 Å². The van der Waals surface area contributed by atoms with Crippen molar-refractivity contribution in [3.8, 4) is 11.5 Å². The lowest BCUT2D eigenvalue weighted by Gasteiger charge is -2.29. The Morgan fingerprint density at radius 2 is 1.79 bits per heavy atom. The molecule has 1 aromatic heterocycles. The van der Waals surface area contributed by atoms with E-state index in [1.54, 1.807) is 27.8 Å². The number of rotatable bonds is 11. The summed E-state index contributed by atoms with van der Waals surface area (Å²) in [4.78, 5) is 33.2. The van der Waals surface area contributed by atoms with Gasteiger partial charge >= 0.3 is 0 Å². The Balaban J connectivity index is 1.27. The summed E-state index contributed by atoms with van der Waals surface area (Å²) < 4.78 is 18.6. The van der Waals surface area contributed by atoms with Crippen LogP contribution in [0, 0.1) is 0 Å². The maximum Gasteiger partial charge on any atom is 0.260 e. The number of aromatic nitrogens is 3. The first-order chi connectivity index (χ1) is 22.9. The van der Waals surface area contributed by atoms with E-state index in [4.69, 9.17) is 35.9 Å². The highest BCUT2D eigenvalue weighted by Gasteiger charge is 2.35. The molecular formula is C34H35ClN6O5S. The second kappa shape index (κ2) is 14.9. The third-order valence-corrected chi connectivity index (χ3v) is 9.00. The molecule has 2 amide bonds. The minimum absolute atomic E-state index is 0.0716. The van der Waals surface area contributed by atoms with Crippen molar-refractivity contribution in [1.82, 2.24) is 19.7 Å². The fourth-order valence-corrected chi connectivity index (χ4v) is 6.50. The van der Waals surface area contributed by atoms with Gasteiger partial charge in [0.2, 0.25) is 11.1 Å². The van der Waals surface area contributed by atoms with Gasteiger partial charge in [0.15, 0.2) is 6.61 Å². The Labute approximate surface area is 282 Å². The molecule has 2 N–H and O–H groups in total. The number of hydrogen-bond donors (Lipinski definition) is 2. The quantitative estimate of drug-likeness (QED) is 0.191. The van der Waals surface area contributed by atoms with Crippen LogP contribution in [-0.4, -0.2) is 71.0 Å². The van der Waals surface area contributed by atoms with Gasteiger partial charge in [0.25, 0.3) is 11.8 Å². The number of para-hydroxylation sites is 2. The SMILES string of the molecule is CCOc1ccccc1NC(=O)C1=C(C)Nc2nc(SCc3ccccc3Cl)nn2C1c1ccc(OCC(=O)N2CCOCC2)cc1. The van der Waals surface area contributed by atoms with Crippen molar-refractivity contribution < 1.29 is 23.8 Å². The summed E-state index contributed by atoms with van der Waals surface area (Å²) >= 11 is 7.84. The molecule has 1 atom stereocenters. The molecule has 1 unspecified atom stereocenters. The van der Waals surface area contributed by atoms with Crippen molar-refractivity contribution in [3.63, 3.8) is 0 Å². The molecule has 3 heterocycles. The number of carbonyl (C=O) groups is 2. The fourth-order valence-electron chi connectivity index (χ4n) is 5.39. The molecule has 4 aromatic rings. The Kier molecular flexibility index (Phi) is 10.3. The van der Waals surface area contributed by atoms with Crippen molar-refractivity contribution in [1.29, 1.82) is 0 Å². The maximum atomic E-state index is 14.1. The summed E-state index contributed by atoms with van der Waals surface area (Å²) in [7, 11) is 0. The van der Waals surface area contributed by atoms with Gasteiger partial charge in [0.1, 0.15) is 17.5 Å². The minimum atomic E-state index is -0.614. The number of fused-ring (bicyclic) bond motifs is 1. The van der Waals surface area contributed by atoms with Crippen LogP contribution >= 0.6 is 23.4 Å². The van der Waals surface area contributed by atoms with Crippen molar-refractivity contribution in [3.05, 3.63) is 100 Å². The van der Waals surface area contributed by atoms with E-state index >= 15 is 0 Å². The molecule has 0 radical (unpaired) electrons. The summed E-state index contributed by atoms with van der Waals surface area (Å²) in [5.74, 6) is 1.81. The molecule has 0 saturated carbocycles. The van der Waals surface area contributed by atoms with E-state index in [1.807, 2.05) is 68.4 Å². The molecule has 0 spiro atoms. The van der Waals surface area contributed by atoms with Crippen LogP contribution in [-0.2, 0) is 20.1 Å². The van der Waals surface area contributed by atoms with Gasteiger partial charge in [-0.3, -0.25) is 9.59 Å². The highest BCUT2D eigenvalue weighted by Crippen LogP contribution is 2.38. The van der Waals surface area contributed by atoms with E-state index in [9.17, 15) is 9.59 Å². The van der Waals surface area contributed by atoms with Crippen molar-refractivity contribution in [2.24, 2.45) is 0 Å².